The molecule has 3 rings (SSSR count). The number of alkyl halides is 3. The minimum atomic E-state index is -4.54. The molecule has 0 saturated carbocycles. The minimum Gasteiger partial charge on any atom is -0.496 e. The zero-order chi connectivity index (χ0) is 31.0. The Kier molecular flexibility index (Phi) is 12.0. The van der Waals surface area contributed by atoms with Gasteiger partial charge in [0.2, 0.25) is 0 Å². The van der Waals surface area contributed by atoms with Gasteiger partial charge in [-0.1, -0.05) is 50.3 Å². The Bertz CT molecular complexity index is 1240. The van der Waals surface area contributed by atoms with Crippen LogP contribution in [0.4, 0.5) is 18.0 Å². The number of aliphatic hydroxyl groups excluding tert-OH is 1. The van der Waals surface area contributed by atoms with Crippen molar-refractivity contribution in [1.82, 2.24) is 14.7 Å². The largest absolute Gasteiger partial charge is 0.496 e. The fourth-order valence-electron chi connectivity index (χ4n) is 5.75. The van der Waals surface area contributed by atoms with Crippen LogP contribution in [0, 0.1) is 0 Å². The zero-order valence-electron chi connectivity index (χ0n) is 24.9. The topological polar surface area (TPSA) is 56.3 Å². The molecule has 0 aromatic heterocycles. The van der Waals surface area contributed by atoms with Crippen LogP contribution in [0.5, 0.6) is 5.75 Å². The van der Waals surface area contributed by atoms with E-state index in [4.69, 9.17) is 4.74 Å². The van der Waals surface area contributed by atoms with Gasteiger partial charge in [-0.25, -0.2) is 4.79 Å². The predicted octanol–water partition coefficient (Wildman–Crippen LogP) is 7.49. The summed E-state index contributed by atoms with van der Waals surface area (Å²) < 4.78 is 46.6. The van der Waals surface area contributed by atoms with Crippen molar-refractivity contribution in [1.29, 1.82) is 0 Å². The second-order valence-electron chi connectivity index (χ2n) is 10.4. The number of nitrogens with zero attached hydrogens (tertiary/aromatic N) is 3. The standard InChI is InChI=1S/C32H42F3N3O3S/c1-6-18-37(19-7-2)31(40)38-29(22(8-3)11-9-10-20-39)28(23-12-15-25(42)16-13-23)36(4)30(38)26-17-14-24(32(33,34)35)21-27(26)41-5/h8-10,12-17,21,28-30,39,42H,6-7,11,18-20H2,1-5H3/b10-9-,22-8+. The van der Waals surface area contributed by atoms with Crippen molar-refractivity contribution in [2.75, 3.05) is 33.9 Å². The van der Waals surface area contributed by atoms with Crippen LogP contribution in [-0.4, -0.2) is 65.7 Å². The van der Waals surface area contributed by atoms with Gasteiger partial charge in [0.05, 0.1) is 31.4 Å². The van der Waals surface area contributed by atoms with E-state index in [0.717, 1.165) is 41.0 Å². The lowest BCUT2D eigenvalue weighted by Gasteiger charge is -2.37. The smallest absolute Gasteiger partial charge is 0.416 e. The number of ether oxygens (including phenoxy) is 1. The third kappa shape index (κ3) is 7.33. The molecule has 0 radical (unpaired) electrons. The Morgan fingerprint density at radius 1 is 1.10 bits per heavy atom. The second kappa shape index (κ2) is 15.0. The molecule has 3 unspecified atom stereocenters. The number of carbonyl (C=O) groups is 1. The monoisotopic (exact) mass is 605 g/mol. The molecule has 0 aliphatic carbocycles. The maximum absolute atomic E-state index is 14.6. The maximum atomic E-state index is 14.6. The molecule has 0 bridgehead atoms. The molecule has 2 aromatic carbocycles. The molecule has 1 saturated heterocycles. The summed E-state index contributed by atoms with van der Waals surface area (Å²) >= 11 is 4.46. The fourth-order valence-corrected chi connectivity index (χ4v) is 5.90. The molecule has 0 spiro atoms. The quantitative estimate of drug-likeness (QED) is 0.206. The summed E-state index contributed by atoms with van der Waals surface area (Å²) in [6.07, 6.45) is 2.25. The summed E-state index contributed by atoms with van der Waals surface area (Å²) in [5.74, 6) is 0.0596. The van der Waals surface area contributed by atoms with Crippen LogP contribution in [0.15, 0.2) is 71.2 Å². The molecule has 1 aliphatic heterocycles. The Morgan fingerprint density at radius 2 is 1.74 bits per heavy atom. The maximum Gasteiger partial charge on any atom is 0.416 e. The molecular weight excluding hydrogens is 563 g/mol. The van der Waals surface area contributed by atoms with Gasteiger partial charge in [-0.3, -0.25) is 9.80 Å². The summed E-state index contributed by atoms with van der Waals surface area (Å²) in [7, 11) is 3.24. The molecule has 1 aliphatic rings. The van der Waals surface area contributed by atoms with Gasteiger partial charge in [-0.15, -0.1) is 12.6 Å². The highest BCUT2D eigenvalue weighted by Crippen LogP contribution is 2.50. The number of amides is 2. The van der Waals surface area contributed by atoms with Crippen LogP contribution in [0.3, 0.4) is 0 Å². The fraction of sp³-hybridized carbons (Fsp3) is 0.469. The number of benzene rings is 2. The second-order valence-corrected chi connectivity index (χ2v) is 10.9. The van der Waals surface area contributed by atoms with Crippen molar-refractivity contribution in [3.8, 4) is 5.75 Å². The van der Waals surface area contributed by atoms with Crippen molar-refractivity contribution in [2.45, 2.75) is 69.4 Å². The van der Waals surface area contributed by atoms with Crippen molar-refractivity contribution in [2.24, 2.45) is 0 Å². The van der Waals surface area contributed by atoms with Crippen molar-refractivity contribution < 1.29 is 27.8 Å². The number of hydrogen-bond acceptors (Lipinski definition) is 5. The Labute approximate surface area is 252 Å². The molecule has 230 valence electrons. The highest BCUT2D eigenvalue weighted by Gasteiger charge is 2.51. The SMILES string of the molecule is C/C=C(\C/C=C\CO)C1C(c2ccc(S)cc2)N(C)C(c2ccc(C(F)(F)F)cc2OC)N1C(=O)N(CCC)CCC. The van der Waals surface area contributed by atoms with E-state index in [-0.39, 0.29) is 24.4 Å². The lowest BCUT2D eigenvalue weighted by Crippen LogP contribution is -2.48. The van der Waals surface area contributed by atoms with E-state index >= 15 is 0 Å². The molecular formula is C32H42F3N3O3S. The Balaban J connectivity index is 2.32. The molecule has 42 heavy (non-hydrogen) atoms. The number of rotatable bonds is 11. The molecule has 2 amide bonds. The van der Waals surface area contributed by atoms with Gasteiger partial charge < -0.3 is 14.7 Å². The number of methoxy groups -OCH3 is 1. The highest BCUT2D eigenvalue weighted by atomic mass is 32.1. The van der Waals surface area contributed by atoms with E-state index in [1.54, 1.807) is 11.0 Å². The summed E-state index contributed by atoms with van der Waals surface area (Å²) in [6, 6.07) is 10.2. The van der Waals surface area contributed by atoms with Gasteiger partial charge in [0.1, 0.15) is 11.9 Å². The molecule has 1 heterocycles. The summed E-state index contributed by atoms with van der Waals surface area (Å²) in [5, 5.41) is 9.39. The van der Waals surface area contributed by atoms with Gasteiger partial charge in [0.15, 0.2) is 0 Å². The number of carbonyl (C=O) groups excluding carboxylic acids is 1. The van der Waals surface area contributed by atoms with Gasteiger partial charge in [-0.2, -0.15) is 13.2 Å². The molecule has 3 atom stereocenters. The molecule has 1 fully saturated rings. The van der Waals surface area contributed by atoms with E-state index < -0.39 is 23.9 Å². The lowest BCUT2D eigenvalue weighted by atomic mass is 9.91. The number of hydrogen-bond donors (Lipinski definition) is 2. The van der Waals surface area contributed by atoms with Gasteiger partial charge in [0.25, 0.3) is 0 Å². The van der Waals surface area contributed by atoms with Crippen molar-refractivity contribution in [3.05, 3.63) is 83.0 Å². The predicted molar refractivity (Wildman–Crippen MR) is 163 cm³/mol. The zero-order valence-corrected chi connectivity index (χ0v) is 25.8. The van der Waals surface area contributed by atoms with Crippen molar-refractivity contribution >= 4 is 18.7 Å². The summed E-state index contributed by atoms with van der Waals surface area (Å²) in [5.41, 5.74) is 1.53. The van der Waals surface area contributed by atoms with Crippen LogP contribution < -0.4 is 4.74 Å². The van der Waals surface area contributed by atoms with E-state index in [2.05, 4.69) is 12.6 Å². The van der Waals surface area contributed by atoms with Crippen LogP contribution in [0.1, 0.15) is 68.9 Å². The number of likely N-dealkylation sites (N-methyl/N-ethyl adjacent to an activating group) is 1. The van der Waals surface area contributed by atoms with Gasteiger partial charge >= 0.3 is 12.2 Å². The van der Waals surface area contributed by atoms with E-state index in [0.29, 0.717) is 25.1 Å². The first kappa shape index (κ1) is 33.6. The number of urea groups is 1. The van der Waals surface area contributed by atoms with E-state index in [1.807, 2.05) is 74.0 Å². The first-order chi connectivity index (χ1) is 20.0. The molecule has 10 heteroatoms. The number of allylic oxidation sites excluding steroid dienone is 2. The molecule has 2 aromatic rings. The third-order valence-electron chi connectivity index (χ3n) is 7.62. The number of aliphatic hydroxyl groups is 1. The summed E-state index contributed by atoms with van der Waals surface area (Å²) in [4.78, 5) is 21.0. The van der Waals surface area contributed by atoms with Crippen molar-refractivity contribution in [3.63, 3.8) is 0 Å². The lowest BCUT2D eigenvalue weighted by molar-refractivity contribution is -0.137. The van der Waals surface area contributed by atoms with E-state index in [1.165, 1.54) is 13.2 Å². The van der Waals surface area contributed by atoms with Crippen LogP contribution in [0.2, 0.25) is 0 Å². The molecule has 6 nitrogen and oxygen atoms in total. The average Bonchev–Trinajstić information content (AvgIpc) is 3.26. The first-order valence-electron chi connectivity index (χ1n) is 14.3. The van der Waals surface area contributed by atoms with Crippen LogP contribution >= 0.6 is 12.6 Å². The normalized spacial score (nSPS) is 20.0. The summed E-state index contributed by atoms with van der Waals surface area (Å²) in [6.45, 7) is 6.93. The van der Waals surface area contributed by atoms with Gasteiger partial charge in [0, 0.05) is 23.5 Å². The third-order valence-corrected chi connectivity index (χ3v) is 7.91. The van der Waals surface area contributed by atoms with E-state index in [9.17, 15) is 23.1 Å². The Morgan fingerprint density at radius 3 is 2.26 bits per heavy atom. The van der Waals surface area contributed by atoms with Crippen LogP contribution in [-0.2, 0) is 6.18 Å². The Hall–Kier alpha value is -2.95. The number of halogens is 3. The van der Waals surface area contributed by atoms with Crippen LogP contribution in [0.25, 0.3) is 0 Å². The average molecular weight is 606 g/mol. The minimum absolute atomic E-state index is 0.0596. The molecule has 1 N–H and O–H groups in total. The highest BCUT2D eigenvalue weighted by molar-refractivity contribution is 7.80. The first-order valence-corrected chi connectivity index (χ1v) is 14.7. The van der Waals surface area contributed by atoms with Gasteiger partial charge in [-0.05, 0) is 68.6 Å². The number of thiol groups is 1.